The van der Waals surface area contributed by atoms with Crippen molar-refractivity contribution in [2.75, 3.05) is 37.4 Å². The van der Waals surface area contributed by atoms with E-state index in [1.807, 2.05) is 6.07 Å². The number of rotatable bonds is 4. The van der Waals surface area contributed by atoms with Crippen LogP contribution in [0.5, 0.6) is 0 Å². The molecule has 2 heterocycles. The van der Waals surface area contributed by atoms with Crippen molar-refractivity contribution in [2.24, 2.45) is 0 Å². The maximum Gasteiger partial charge on any atom is 0.0578 e. The van der Waals surface area contributed by atoms with Gasteiger partial charge in [-0.15, -0.1) is 0 Å². The van der Waals surface area contributed by atoms with Crippen LogP contribution in [0.4, 0.5) is 11.4 Å². The molecule has 0 spiro atoms. The van der Waals surface area contributed by atoms with Crippen molar-refractivity contribution in [3.63, 3.8) is 0 Å². The fraction of sp³-hybridized carbons (Fsp3) is 0.667. The van der Waals surface area contributed by atoms with E-state index >= 15 is 0 Å². The van der Waals surface area contributed by atoms with Crippen molar-refractivity contribution >= 4 is 11.4 Å². The lowest BCUT2D eigenvalue weighted by Gasteiger charge is -2.39. The Bertz CT molecular complexity index is 477. The van der Waals surface area contributed by atoms with Crippen molar-refractivity contribution in [2.45, 2.75) is 51.1 Å². The Morgan fingerprint density at radius 2 is 1.91 bits per heavy atom. The van der Waals surface area contributed by atoms with E-state index < -0.39 is 0 Å². The third kappa shape index (κ3) is 3.73. The SMILES string of the molecule is CCc1ccc(N)c(NC2CCN(C3CCOCC3)CC2)c1. The average Bonchev–Trinajstić information content (AvgIpc) is 2.58. The van der Waals surface area contributed by atoms with Gasteiger partial charge in [0.25, 0.3) is 0 Å². The van der Waals surface area contributed by atoms with Crippen LogP contribution in [0, 0.1) is 0 Å². The fourth-order valence-electron chi connectivity index (χ4n) is 3.63. The zero-order valence-corrected chi connectivity index (χ0v) is 13.7. The molecule has 2 aliphatic rings. The van der Waals surface area contributed by atoms with E-state index in [-0.39, 0.29) is 0 Å². The summed E-state index contributed by atoms with van der Waals surface area (Å²) in [5.41, 5.74) is 9.44. The molecule has 0 amide bonds. The van der Waals surface area contributed by atoms with Gasteiger partial charge in [0.05, 0.1) is 11.4 Å². The number of nitrogens with zero attached hydrogens (tertiary/aromatic N) is 1. The first kappa shape index (κ1) is 15.6. The number of hydrogen-bond acceptors (Lipinski definition) is 4. The maximum absolute atomic E-state index is 6.12. The molecule has 0 aromatic heterocycles. The van der Waals surface area contributed by atoms with E-state index in [0.29, 0.717) is 6.04 Å². The summed E-state index contributed by atoms with van der Waals surface area (Å²) in [5.74, 6) is 0. The number of piperidine rings is 1. The van der Waals surface area contributed by atoms with E-state index in [1.165, 1.54) is 44.3 Å². The Hall–Kier alpha value is -1.26. The summed E-state index contributed by atoms with van der Waals surface area (Å²) in [6.45, 7) is 6.43. The Labute approximate surface area is 134 Å². The summed E-state index contributed by atoms with van der Waals surface area (Å²) in [5, 5.41) is 3.67. The van der Waals surface area contributed by atoms with Crippen LogP contribution in [0.25, 0.3) is 0 Å². The lowest BCUT2D eigenvalue weighted by molar-refractivity contribution is 0.0262. The number of nitrogens with one attached hydrogen (secondary N) is 1. The van der Waals surface area contributed by atoms with E-state index in [2.05, 4.69) is 29.3 Å². The molecular formula is C18H29N3O. The highest BCUT2D eigenvalue weighted by Crippen LogP contribution is 2.25. The second-order valence-corrected chi connectivity index (χ2v) is 6.57. The van der Waals surface area contributed by atoms with Gasteiger partial charge in [0, 0.05) is 38.4 Å². The molecule has 0 unspecified atom stereocenters. The Morgan fingerprint density at radius 1 is 1.18 bits per heavy atom. The van der Waals surface area contributed by atoms with E-state index in [9.17, 15) is 0 Å². The van der Waals surface area contributed by atoms with Crippen LogP contribution in [-0.2, 0) is 11.2 Å². The quantitative estimate of drug-likeness (QED) is 0.840. The normalized spacial score (nSPS) is 21.9. The van der Waals surface area contributed by atoms with Gasteiger partial charge in [0.1, 0.15) is 0 Å². The molecule has 3 N–H and O–H groups in total. The standard InChI is InChI=1S/C18H29N3O/c1-2-14-3-4-17(19)18(13-14)20-15-5-9-21(10-6-15)16-7-11-22-12-8-16/h3-4,13,15-16,20H,2,5-12,19H2,1H3. The van der Waals surface area contributed by atoms with Gasteiger partial charge in [-0.25, -0.2) is 0 Å². The molecule has 2 fully saturated rings. The maximum atomic E-state index is 6.12. The van der Waals surface area contributed by atoms with E-state index in [0.717, 1.165) is 37.1 Å². The number of likely N-dealkylation sites (tertiary alicyclic amines) is 1. The number of hydrogen-bond donors (Lipinski definition) is 2. The number of aryl methyl sites for hydroxylation is 1. The summed E-state index contributed by atoms with van der Waals surface area (Å²) < 4.78 is 5.47. The highest BCUT2D eigenvalue weighted by molar-refractivity contribution is 5.67. The summed E-state index contributed by atoms with van der Waals surface area (Å²) in [7, 11) is 0. The Kier molecular flexibility index (Phi) is 5.21. The Morgan fingerprint density at radius 3 is 2.59 bits per heavy atom. The minimum Gasteiger partial charge on any atom is -0.397 e. The van der Waals surface area contributed by atoms with E-state index in [1.54, 1.807) is 0 Å². The molecule has 2 aliphatic heterocycles. The molecule has 122 valence electrons. The predicted molar refractivity (Wildman–Crippen MR) is 92.3 cm³/mol. The van der Waals surface area contributed by atoms with Gasteiger partial charge in [-0.2, -0.15) is 0 Å². The molecule has 3 rings (SSSR count). The van der Waals surface area contributed by atoms with Crippen molar-refractivity contribution in [1.82, 2.24) is 4.90 Å². The second kappa shape index (κ2) is 7.34. The molecule has 2 saturated heterocycles. The third-order valence-corrected chi connectivity index (χ3v) is 5.12. The average molecular weight is 303 g/mol. The molecule has 1 aromatic rings. The van der Waals surface area contributed by atoms with Gasteiger partial charge in [-0.3, -0.25) is 0 Å². The molecule has 22 heavy (non-hydrogen) atoms. The van der Waals surface area contributed by atoms with Crippen molar-refractivity contribution in [3.8, 4) is 0 Å². The smallest absolute Gasteiger partial charge is 0.0578 e. The summed E-state index contributed by atoms with van der Waals surface area (Å²) in [6, 6.07) is 7.64. The summed E-state index contributed by atoms with van der Waals surface area (Å²) in [4.78, 5) is 2.66. The van der Waals surface area contributed by atoms with Gasteiger partial charge in [-0.1, -0.05) is 13.0 Å². The predicted octanol–water partition coefficient (Wildman–Crippen LogP) is 2.89. The molecule has 4 heteroatoms. The van der Waals surface area contributed by atoms with Gasteiger partial charge >= 0.3 is 0 Å². The number of nitrogen functional groups attached to an aromatic ring is 1. The molecule has 4 nitrogen and oxygen atoms in total. The van der Waals surface area contributed by atoms with E-state index in [4.69, 9.17) is 10.5 Å². The van der Waals surface area contributed by atoms with Crippen LogP contribution < -0.4 is 11.1 Å². The van der Waals surface area contributed by atoms with Crippen LogP contribution in [0.3, 0.4) is 0 Å². The van der Waals surface area contributed by atoms with Crippen LogP contribution in [0.2, 0.25) is 0 Å². The largest absolute Gasteiger partial charge is 0.397 e. The number of nitrogens with two attached hydrogens (primary N) is 1. The highest BCUT2D eigenvalue weighted by atomic mass is 16.5. The topological polar surface area (TPSA) is 50.5 Å². The molecule has 0 bridgehead atoms. The van der Waals surface area contributed by atoms with Crippen LogP contribution in [0.1, 0.15) is 38.2 Å². The van der Waals surface area contributed by atoms with Crippen LogP contribution >= 0.6 is 0 Å². The lowest BCUT2D eigenvalue weighted by Crippen LogP contribution is -2.46. The van der Waals surface area contributed by atoms with Crippen LogP contribution in [0.15, 0.2) is 18.2 Å². The summed E-state index contributed by atoms with van der Waals surface area (Å²) in [6.07, 6.45) is 5.85. The first-order chi connectivity index (χ1) is 10.8. The highest BCUT2D eigenvalue weighted by Gasteiger charge is 2.26. The second-order valence-electron chi connectivity index (χ2n) is 6.57. The van der Waals surface area contributed by atoms with Crippen molar-refractivity contribution in [1.29, 1.82) is 0 Å². The zero-order chi connectivity index (χ0) is 15.4. The van der Waals surface area contributed by atoms with Gasteiger partial charge in [0.2, 0.25) is 0 Å². The first-order valence-electron chi connectivity index (χ1n) is 8.73. The minimum atomic E-state index is 0.547. The third-order valence-electron chi connectivity index (χ3n) is 5.12. The number of ether oxygens (including phenoxy) is 1. The number of anilines is 2. The monoisotopic (exact) mass is 303 g/mol. The van der Waals surface area contributed by atoms with Crippen LogP contribution in [-0.4, -0.2) is 43.3 Å². The molecule has 0 radical (unpaired) electrons. The number of benzene rings is 1. The van der Waals surface area contributed by atoms with Gasteiger partial charge < -0.3 is 20.7 Å². The molecule has 0 atom stereocenters. The van der Waals surface area contributed by atoms with Gasteiger partial charge in [-0.05, 0) is 49.8 Å². The minimum absolute atomic E-state index is 0.547. The summed E-state index contributed by atoms with van der Waals surface area (Å²) >= 11 is 0. The zero-order valence-electron chi connectivity index (χ0n) is 13.7. The molecule has 1 aromatic carbocycles. The first-order valence-corrected chi connectivity index (χ1v) is 8.73. The van der Waals surface area contributed by atoms with Gasteiger partial charge in [0.15, 0.2) is 0 Å². The molecule has 0 saturated carbocycles. The Balaban J connectivity index is 1.53. The lowest BCUT2D eigenvalue weighted by atomic mass is 9.99. The molecule has 0 aliphatic carbocycles. The van der Waals surface area contributed by atoms with Crippen molar-refractivity contribution < 1.29 is 4.74 Å². The van der Waals surface area contributed by atoms with Crippen molar-refractivity contribution in [3.05, 3.63) is 23.8 Å². The molecular weight excluding hydrogens is 274 g/mol. The fourth-order valence-corrected chi connectivity index (χ4v) is 3.63.